The van der Waals surface area contributed by atoms with Gasteiger partial charge in [-0.2, -0.15) is 0 Å². The van der Waals surface area contributed by atoms with E-state index in [1.165, 1.54) is 44.1 Å². The summed E-state index contributed by atoms with van der Waals surface area (Å²) in [7, 11) is 0. The molecule has 3 heterocycles. The van der Waals surface area contributed by atoms with Gasteiger partial charge >= 0.3 is 0 Å². The lowest BCUT2D eigenvalue weighted by Gasteiger charge is -2.41. The number of fused-ring (bicyclic) bond motifs is 5. The van der Waals surface area contributed by atoms with Crippen LogP contribution >= 0.6 is 0 Å². The minimum atomic E-state index is -0.555. The monoisotopic (exact) mass is 599 g/mol. The van der Waals surface area contributed by atoms with Gasteiger partial charge in [-0.15, -0.1) is 0 Å². The average Bonchev–Trinajstić information content (AvgIpc) is 3.71. The van der Waals surface area contributed by atoms with Gasteiger partial charge in [0.2, 0.25) is 0 Å². The molecule has 10 rings (SSSR count). The Bertz CT molecular complexity index is 2520. The Labute approximate surface area is 272 Å². The van der Waals surface area contributed by atoms with E-state index >= 15 is 0 Å². The maximum absolute atomic E-state index is 5.35. The van der Waals surface area contributed by atoms with Crippen molar-refractivity contribution in [1.29, 1.82) is 0 Å². The van der Waals surface area contributed by atoms with Crippen molar-refractivity contribution in [2.24, 2.45) is 0 Å². The summed E-state index contributed by atoms with van der Waals surface area (Å²) in [5.74, 6) is 0.948. The van der Waals surface area contributed by atoms with Crippen LogP contribution in [0.25, 0.3) is 55.6 Å². The van der Waals surface area contributed by atoms with Crippen molar-refractivity contribution in [3.63, 3.8) is 0 Å². The molecular formula is C44H29N3. The summed E-state index contributed by atoms with van der Waals surface area (Å²) < 4.78 is 4.82. The van der Waals surface area contributed by atoms with Crippen LogP contribution in [0, 0.1) is 0 Å². The number of hydrogen-bond donors (Lipinski definition) is 0. The number of aromatic nitrogens is 3. The molecule has 2 aromatic heterocycles. The number of benzene rings is 7. The van der Waals surface area contributed by atoms with Gasteiger partial charge < -0.3 is 4.57 Å². The molecule has 9 aromatic rings. The van der Waals surface area contributed by atoms with Crippen LogP contribution in [-0.4, -0.2) is 14.1 Å². The number of rotatable bonds is 4. The van der Waals surface area contributed by atoms with E-state index in [2.05, 4.69) is 185 Å². The zero-order valence-corrected chi connectivity index (χ0v) is 25.6. The standard InChI is InChI=1S/C44H29N3/c1-4-15-30(16-5-1)43-45-38-24-14-23-37-42(38)47(43)41-29-33(46-39-25-12-10-21-34(39)35-22-11-13-26-40(35)46)27-28-36(41)44(37,31-17-6-2-7-18-31)32-19-8-3-9-20-32/h1-29H. The van der Waals surface area contributed by atoms with Crippen molar-refractivity contribution in [3.8, 4) is 22.8 Å². The maximum Gasteiger partial charge on any atom is 0.145 e. The molecule has 1 aliphatic heterocycles. The molecule has 0 N–H and O–H groups in total. The lowest BCUT2D eigenvalue weighted by Crippen LogP contribution is -2.35. The lowest BCUT2D eigenvalue weighted by molar-refractivity contribution is 0.725. The van der Waals surface area contributed by atoms with Crippen molar-refractivity contribution in [1.82, 2.24) is 14.1 Å². The second-order valence-corrected chi connectivity index (χ2v) is 12.4. The Morgan fingerprint density at radius 2 is 1.02 bits per heavy atom. The fourth-order valence-electron chi connectivity index (χ4n) is 8.12. The van der Waals surface area contributed by atoms with Crippen molar-refractivity contribution in [2.75, 3.05) is 0 Å². The molecule has 0 unspecified atom stereocenters. The summed E-state index contributed by atoms with van der Waals surface area (Å²) in [5, 5.41) is 2.51. The third-order valence-electron chi connectivity index (χ3n) is 9.99. The molecule has 7 aromatic carbocycles. The Morgan fingerprint density at radius 3 is 1.66 bits per heavy atom. The summed E-state index contributed by atoms with van der Waals surface area (Å²) in [6.45, 7) is 0. The van der Waals surface area contributed by atoms with Crippen molar-refractivity contribution < 1.29 is 0 Å². The highest BCUT2D eigenvalue weighted by Gasteiger charge is 2.45. The van der Waals surface area contributed by atoms with E-state index in [1.54, 1.807) is 0 Å². The number of imidazole rings is 1. The fraction of sp³-hybridized carbons (Fsp3) is 0.0227. The molecule has 0 saturated carbocycles. The van der Waals surface area contributed by atoms with Crippen molar-refractivity contribution >= 4 is 32.8 Å². The van der Waals surface area contributed by atoms with Gasteiger partial charge in [-0.3, -0.25) is 4.57 Å². The van der Waals surface area contributed by atoms with E-state index in [1.807, 2.05) is 0 Å². The number of nitrogens with zero attached hydrogens (tertiary/aromatic N) is 3. The van der Waals surface area contributed by atoms with Crippen molar-refractivity contribution in [2.45, 2.75) is 5.41 Å². The summed E-state index contributed by atoms with van der Waals surface area (Å²) in [6, 6.07) is 63.7. The Hall–Kier alpha value is -6.19. The predicted molar refractivity (Wildman–Crippen MR) is 193 cm³/mol. The van der Waals surface area contributed by atoms with Gasteiger partial charge in [-0.25, -0.2) is 4.98 Å². The molecule has 3 heteroatoms. The van der Waals surface area contributed by atoms with Crippen LogP contribution in [0.4, 0.5) is 0 Å². The highest BCUT2D eigenvalue weighted by molar-refractivity contribution is 6.09. The zero-order chi connectivity index (χ0) is 31.0. The van der Waals surface area contributed by atoms with E-state index in [4.69, 9.17) is 4.98 Å². The van der Waals surface area contributed by atoms with Gasteiger partial charge in [-0.1, -0.05) is 146 Å². The second-order valence-electron chi connectivity index (χ2n) is 12.4. The first-order valence-corrected chi connectivity index (χ1v) is 16.2. The largest absolute Gasteiger partial charge is 0.309 e. The van der Waals surface area contributed by atoms with Crippen LogP contribution < -0.4 is 0 Å². The van der Waals surface area contributed by atoms with Crippen molar-refractivity contribution in [3.05, 3.63) is 198 Å². The smallest absolute Gasteiger partial charge is 0.145 e. The van der Waals surface area contributed by atoms with E-state index in [0.717, 1.165) is 33.8 Å². The van der Waals surface area contributed by atoms with Crippen LogP contribution in [0.1, 0.15) is 22.3 Å². The zero-order valence-electron chi connectivity index (χ0n) is 25.6. The quantitative estimate of drug-likeness (QED) is 0.197. The number of hydrogen-bond acceptors (Lipinski definition) is 1. The summed E-state index contributed by atoms with van der Waals surface area (Å²) in [4.78, 5) is 5.35. The van der Waals surface area contributed by atoms with Crippen LogP contribution in [0.15, 0.2) is 176 Å². The topological polar surface area (TPSA) is 22.8 Å². The molecule has 0 saturated heterocycles. The van der Waals surface area contributed by atoms with Gasteiger partial charge in [0.15, 0.2) is 0 Å². The molecule has 220 valence electrons. The van der Waals surface area contributed by atoms with E-state index in [-0.39, 0.29) is 0 Å². The average molecular weight is 600 g/mol. The van der Waals surface area contributed by atoms with Gasteiger partial charge in [0.05, 0.1) is 33.2 Å². The summed E-state index contributed by atoms with van der Waals surface area (Å²) in [5.41, 5.74) is 12.3. The minimum Gasteiger partial charge on any atom is -0.309 e. The van der Waals surface area contributed by atoms with Crippen LogP contribution in [-0.2, 0) is 5.41 Å². The highest BCUT2D eigenvalue weighted by atomic mass is 15.1. The highest BCUT2D eigenvalue weighted by Crippen LogP contribution is 2.53. The molecule has 0 spiro atoms. The van der Waals surface area contributed by atoms with Gasteiger partial charge in [-0.05, 0) is 52.6 Å². The van der Waals surface area contributed by atoms with E-state index in [9.17, 15) is 0 Å². The molecule has 47 heavy (non-hydrogen) atoms. The molecule has 0 atom stereocenters. The first kappa shape index (κ1) is 26.1. The molecule has 0 fully saturated rings. The number of para-hydroxylation sites is 3. The van der Waals surface area contributed by atoms with Crippen LogP contribution in [0.2, 0.25) is 0 Å². The SMILES string of the molecule is c1ccc(-c2nc3cccc4c3n2-c2cc(-n3c5ccccc5c5ccccc53)ccc2C4(c2ccccc2)c2ccccc2)cc1. The van der Waals surface area contributed by atoms with E-state index in [0.29, 0.717) is 0 Å². The first-order valence-electron chi connectivity index (χ1n) is 16.2. The van der Waals surface area contributed by atoms with Gasteiger partial charge in [0.25, 0.3) is 0 Å². The molecule has 3 nitrogen and oxygen atoms in total. The third-order valence-corrected chi connectivity index (χ3v) is 9.99. The molecule has 0 aliphatic carbocycles. The van der Waals surface area contributed by atoms with Gasteiger partial charge in [0, 0.05) is 22.0 Å². The van der Waals surface area contributed by atoms with Crippen LogP contribution in [0.5, 0.6) is 0 Å². The second kappa shape index (κ2) is 9.90. The molecular weight excluding hydrogens is 571 g/mol. The Balaban J connectivity index is 1.39. The fourth-order valence-corrected chi connectivity index (χ4v) is 8.12. The summed E-state index contributed by atoms with van der Waals surface area (Å²) >= 11 is 0. The van der Waals surface area contributed by atoms with Gasteiger partial charge in [0.1, 0.15) is 5.82 Å². The predicted octanol–water partition coefficient (Wildman–Crippen LogP) is 10.5. The third kappa shape index (κ3) is 3.54. The molecule has 0 radical (unpaired) electrons. The lowest BCUT2D eigenvalue weighted by atomic mass is 9.63. The van der Waals surface area contributed by atoms with Crippen LogP contribution in [0.3, 0.4) is 0 Å². The van der Waals surface area contributed by atoms with E-state index < -0.39 is 5.41 Å². The summed E-state index contributed by atoms with van der Waals surface area (Å²) in [6.07, 6.45) is 0. The maximum atomic E-state index is 5.35. The molecule has 0 bridgehead atoms. The molecule has 0 amide bonds. The normalized spacial score (nSPS) is 13.3. The molecule has 1 aliphatic rings. The first-order chi connectivity index (χ1) is 23.3. The Morgan fingerprint density at radius 1 is 0.447 bits per heavy atom. The Kier molecular flexibility index (Phi) is 5.49. The minimum absolute atomic E-state index is 0.555.